The Kier molecular flexibility index (Phi) is 4.13. The van der Waals surface area contributed by atoms with E-state index in [2.05, 4.69) is 26.3 Å². The zero-order chi connectivity index (χ0) is 14.9. The molecule has 0 radical (unpaired) electrons. The number of carbonyl (C=O) groups is 1. The number of aryl methyl sites for hydroxylation is 1. The number of aromatic nitrogens is 2. The smallest absolute Gasteiger partial charge is 0.248 e. The number of benzene rings is 1. The summed E-state index contributed by atoms with van der Waals surface area (Å²) < 4.78 is 2.59. The van der Waals surface area contributed by atoms with Gasteiger partial charge in [0, 0.05) is 11.8 Å². The zero-order valence-corrected chi connectivity index (χ0v) is 13.1. The van der Waals surface area contributed by atoms with Crippen LogP contribution in [0.4, 0.5) is 5.69 Å². The first-order chi connectivity index (χ1) is 9.40. The minimum absolute atomic E-state index is 0.115. The third kappa shape index (κ3) is 2.85. The molecule has 5 nitrogen and oxygen atoms in total. The van der Waals surface area contributed by atoms with Crippen LogP contribution in [0.1, 0.15) is 24.4 Å². The van der Waals surface area contributed by atoms with Gasteiger partial charge in [-0.05, 0) is 48.8 Å². The normalized spacial score (nSPS) is 12.2. The number of phenols is 1. The molecule has 1 amide bonds. The molecule has 0 fully saturated rings. The minimum Gasteiger partial charge on any atom is -0.508 e. The van der Waals surface area contributed by atoms with Crippen LogP contribution in [0, 0.1) is 13.8 Å². The molecule has 2 aromatic rings. The van der Waals surface area contributed by atoms with Crippen molar-refractivity contribution in [2.75, 3.05) is 5.32 Å². The van der Waals surface area contributed by atoms with E-state index in [1.807, 2.05) is 13.8 Å². The number of amides is 1. The second-order valence-electron chi connectivity index (χ2n) is 4.64. The average Bonchev–Trinajstić information content (AvgIpc) is 2.65. The molecule has 1 unspecified atom stereocenters. The molecule has 0 bridgehead atoms. The predicted molar refractivity (Wildman–Crippen MR) is 80.8 cm³/mol. The zero-order valence-electron chi connectivity index (χ0n) is 11.5. The van der Waals surface area contributed by atoms with Gasteiger partial charge >= 0.3 is 0 Å². The Bertz CT molecular complexity index is 652. The second kappa shape index (κ2) is 5.66. The van der Waals surface area contributed by atoms with Crippen molar-refractivity contribution in [3.63, 3.8) is 0 Å². The molecule has 0 spiro atoms. The van der Waals surface area contributed by atoms with E-state index in [4.69, 9.17) is 0 Å². The number of aromatic hydroxyl groups is 1. The first kappa shape index (κ1) is 14.6. The molecule has 0 saturated heterocycles. The summed E-state index contributed by atoms with van der Waals surface area (Å²) in [6.45, 7) is 5.57. The highest BCUT2D eigenvalue weighted by Gasteiger charge is 2.20. The van der Waals surface area contributed by atoms with E-state index in [0.29, 0.717) is 5.69 Å². The third-order valence-corrected chi connectivity index (χ3v) is 4.24. The number of rotatable bonds is 3. The highest BCUT2D eigenvalue weighted by molar-refractivity contribution is 9.10. The Morgan fingerprint density at radius 1 is 1.45 bits per heavy atom. The number of hydrogen-bond donors (Lipinski definition) is 2. The Hall–Kier alpha value is -1.82. The van der Waals surface area contributed by atoms with Gasteiger partial charge in [-0.25, -0.2) is 0 Å². The summed E-state index contributed by atoms with van der Waals surface area (Å²) >= 11 is 3.45. The molecule has 1 atom stereocenters. The monoisotopic (exact) mass is 337 g/mol. The average molecular weight is 338 g/mol. The fourth-order valence-corrected chi connectivity index (χ4v) is 2.22. The van der Waals surface area contributed by atoms with Gasteiger partial charge < -0.3 is 10.4 Å². The van der Waals surface area contributed by atoms with Gasteiger partial charge in [0.25, 0.3) is 0 Å². The van der Waals surface area contributed by atoms with Crippen molar-refractivity contribution in [1.82, 2.24) is 9.78 Å². The molecule has 0 aliphatic heterocycles. The van der Waals surface area contributed by atoms with Crippen LogP contribution in [-0.4, -0.2) is 20.8 Å². The van der Waals surface area contributed by atoms with Crippen molar-refractivity contribution in [3.05, 3.63) is 40.1 Å². The number of hydrogen-bond acceptors (Lipinski definition) is 3. The van der Waals surface area contributed by atoms with Gasteiger partial charge in [0.05, 0.1) is 15.9 Å². The van der Waals surface area contributed by atoms with Gasteiger partial charge in [0.1, 0.15) is 11.8 Å². The highest BCUT2D eigenvalue weighted by Crippen LogP contribution is 2.24. The molecule has 2 N–H and O–H groups in total. The molecule has 1 aromatic heterocycles. The first-order valence-electron chi connectivity index (χ1n) is 6.21. The lowest BCUT2D eigenvalue weighted by Gasteiger charge is -2.14. The summed E-state index contributed by atoms with van der Waals surface area (Å²) in [7, 11) is 0. The fraction of sp³-hybridized carbons (Fsp3) is 0.286. The largest absolute Gasteiger partial charge is 0.508 e. The van der Waals surface area contributed by atoms with Crippen LogP contribution in [-0.2, 0) is 4.79 Å². The van der Waals surface area contributed by atoms with E-state index in [1.54, 1.807) is 29.8 Å². The highest BCUT2D eigenvalue weighted by atomic mass is 79.9. The number of nitrogens with one attached hydrogen (secondary N) is 1. The molecular formula is C14H16BrN3O2. The van der Waals surface area contributed by atoms with Crippen LogP contribution in [0.5, 0.6) is 5.75 Å². The van der Waals surface area contributed by atoms with Gasteiger partial charge in [0.2, 0.25) is 5.91 Å². The Balaban J connectivity index is 2.18. The van der Waals surface area contributed by atoms with E-state index >= 15 is 0 Å². The Labute approximate surface area is 125 Å². The van der Waals surface area contributed by atoms with E-state index in [-0.39, 0.29) is 11.7 Å². The maximum Gasteiger partial charge on any atom is 0.248 e. The van der Waals surface area contributed by atoms with Crippen molar-refractivity contribution in [3.8, 4) is 5.75 Å². The molecular weight excluding hydrogens is 322 g/mol. The second-order valence-corrected chi connectivity index (χ2v) is 5.44. The SMILES string of the molecule is Cc1nn(C(C)C(=O)Nc2cccc(O)c2)c(C)c1Br. The standard InChI is InChI=1S/C14H16BrN3O2/c1-8-13(15)9(2)18(17-8)10(3)14(20)16-11-5-4-6-12(19)7-11/h4-7,10,19H,1-3H3,(H,16,20). The van der Waals surface area contributed by atoms with Gasteiger partial charge in [0.15, 0.2) is 0 Å². The van der Waals surface area contributed by atoms with Crippen molar-refractivity contribution in [1.29, 1.82) is 0 Å². The lowest BCUT2D eigenvalue weighted by Crippen LogP contribution is -2.25. The summed E-state index contributed by atoms with van der Waals surface area (Å²) in [5, 5.41) is 16.5. The van der Waals surface area contributed by atoms with E-state index in [9.17, 15) is 9.90 Å². The van der Waals surface area contributed by atoms with Gasteiger partial charge in [-0.3, -0.25) is 9.48 Å². The number of halogens is 1. The summed E-state index contributed by atoms with van der Waals surface area (Å²) in [5.41, 5.74) is 2.31. The van der Waals surface area contributed by atoms with E-state index in [0.717, 1.165) is 15.9 Å². The molecule has 6 heteroatoms. The fourth-order valence-electron chi connectivity index (χ4n) is 1.96. The Morgan fingerprint density at radius 3 is 2.70 bits per heavy atom. The minimum atomic E-state index is -0.442. The van der Waals surface area contributed by atoms with Crippen LogP contribution in [0.3, 0.4) is 0 Å². The quantitative estimate of drug-likeness (QED) is 0.903. The van der Waals surface area contributed by atoms with Gasteiger partial charge in [-0.1, -0.05) is 6.07 Å². The maximum atomic E-state index is 12.2. The maximum absolute atomic E-state index is 12.2. The molecule has 2 rings (SSSR count). The molecule has 0 saturated carbocycles. The molecule has 0 aliphatic carbocycles. The lowest BCUT2D eigenvalue weighted by molar-refractivity contribution is -0.119. The van der Waals surface area contributed by atoms with E-state index in [1.165, 1.54) is 6.07 Å². The molecule has 0 aliphatic rings. The Morgan fingerprint density at radius 2 is 2.15 bits per heavy atom. The van der Waals surface area contributed by atoms with Crippen LogP contribution in [0.25, 0.3) is 0 Å². The van der Waals surface area contributed by atoms with Crippen LogP contribution in [0.15, 0.2) is 28.7 Å². The van der Waals surface area contributed by atoms with Crippen LogP contribution >= 0.6 is 15.9 Å². The number of phenolic OH excluding ortho intramolecular Hbond substituents is 1. The third-order valence-electron chi connectivity index (χ3n) is 3.10. The first-order valence-corrected chi connectivity index (χ1v) is 7.00. The number of carbonyl (C=O) groups excluding carboxylic acids is 1. The van der Waals surface area contributed by atoms with Gasteiger partial charge in [-0.15, -0.1) is 0 Å². The van der Waals surface area contributed by atoms with E-state index < -0.39 is 6.04 Å². The van der Waals surface area contributed by atoms with Crippen molar-refractivity contribution in [2.24, 2.45) is 0 Å². The van der Waals surface area contributed by atoms with Crippen molar-refractivity contribution >= 4 is 27.5 Å². The van der Waals surface area contributed by atoms with Crippen LogP contribution in [0.2, 0.25) is 0 Å². The van der Waals surface area contributed by atoms with Gasteiger partial charge in [-0.2, -0.15) is 5.10 Å². The predicted octanol–water partition coefficient (Wildman–Crippen LogP) is 3.17. The summed E-state index contributed by atoms with van der Waals surface area (Å²) in [6.07, 6.45) is 0. The molecule has 1 heterocycles. The summed E-state index contributed by atoms with van der Waals surface area (Å²) in [4.78, 5) is 12.2. The molecule has 1 aromatic carbocycles. The summed E-state index contributed by atoms with van der Waals surface area (Å²) in [5.74, 6) is -0.0713. The molecule has 20 heavy (non-hydrogen) atoms. The molecule has 106 valence electrons. The summed E-state index contributed by atoms with van der Waals surface area (Å²) in [6, 6.07) is 6.01. The lowest BCUT2D eigenvalue weighted by atomic mass is 10.2. The number of anilines is 1. The van der Waals surface area contributed by atoms with Crippen molar-refractivity contribution < 1.29 is 9.90 Å². The number of nitrogens with zero attached hydrogens (tertiary/aromatic N) is 2. The topological polar surface area (TPSA) is 67.2 Å². The van der Waals surface area contributed by atoms with Crippen molar-refractivity contribution in [2.45, 2.75) is 26.8 Å². The van der Waals surface area contributed by atoms with Crippen LogP contribution < -0.4 is 5.32 Å².